The molecule has 0 saturated heterocycles. The Kier molecular flexibility index (Phi) is 7.38. The fraction of sp³-hybridized carbons (Fsp3) is 0.478. The van der Waals surface area contributed by atoms with Gasteiger partial charge < -0.3 is 15.2 Å². The molecule has 2 aromatic heterocycles. The van der Waals surface area contributed by atoms with Gasteiger partial charge in [0.2, 0.25) is 5.43 Å². The third kappa shape index (κ3) is 5.55. The van der Waals surface area contributed by atoms with Crippen molar-refractivity contribution in [2.75, 3.05) is 6.54 Å². The number of nitrogens with zero attached hydrogens (tertiary/aromatic N) is 2. The van der Waals surface area contributed by atoms with Crippen molar-refractivity contribution in [3.8, 4) is 0 Å². The molecule has 0 bridgehead atoms. The van der Waals surface area contributed by atoms with Gasteiger partial charge in [0.15, 0.2) is 0 Å². The molecule has 0 unspecified atom stereocenters. The lowest BCUT2D eigenvalue weighted by Crippen LogP contribution is -2.36. The maximum absolute atomic E-state index is 13.0. The normalized spacial score (nSPS) is 14.1. The predicted octanol–water partition coefficient (Wildman–Crippen LogP) is 3.06. The summed E-state index contributed by atoms with van der Waals surface area (Å²) in [6, 6.07) is 3.81. The second-order valence-electron chi connectivity index (χ2n) is 8.28. The Bertz CT molecular complexity index is 931. The Morgan fingerprint density at radius 1 is 1.07 bits per heavy atom. The molecule has 0 radical (unpaired) electrons. The highest BCUT2D eigenvalue weighted by atomic mass is 16.2. The molecule has 160 valence electrons. The molecule has 0 aromatic carbocycles. The SMILES string of the molecule is CC(C)CCNC(=O)c1cn(C2CCCC2)cc(C(=O)NCc2ccncc2)c1=O. The van der Waals surface area contributed by atoms with Crippen LogP contribution in [0.25, 0.3) is 0 Å². The molecule has 0 atom stereocenters. The van der Waals surface area contributed by atoms with E-state index in [4.69, 9.17) is 0 Å². The first-order valence-electron chi connectivity index (χ1n) is 10.7. The molecule has 2 aromatic rings. The summed E-state index contributed by atoms with van der Waals surface area (Å²) < 4.78 is 1.88. The van der Waals surface area contributed by atoms with Crippen LogP contribution in [-0.4, -0.2) is 27.9 Å². The summed E-state index contributed by atoms with van der Waals surface area (Å²) in [6.45, 7) is 4.94. The monoisotopic (exact) mass is 410 g/mol. The van der Waals surface area contributed by atoms with Crippen LogP contribution in [0, 0.1) is 5.92 Å². The van der Waals surface area contributed by atoms with E-state index in [1.54, 1.807) is 36.9 Å². The summed E-state index contributed by atoms with van der Waals surface area (Å²) >= 11 is 0. The summed E-state index contributed by atoms with van der Waals surface area (Å²) in [4.78, 5) is 42.5. The molecule has 1 fully saturated rings. The number of pyridine rings is 2. The van der Waals surface area contributed by atoms with Gasteiger partial charge in [-0.3, -0.25) is 19.4 Å². The Morgan fingerprint density at radius 3 is 2.27 bits per heavy atom. The fourth-order valence-electron chi connectivity index (χ4n) is 3.68. The third-order valence-corrected chi connectivity index (χ3v) is 5.49. The van der Waals surface area contributed by atoms with Gasteiger partial charge in [0.05, 0.1) is 0 Å². The van der Waals surface area contributed by atoms with Crippen LogP contribution in [0.5, 0.6) is 0 Å². The van der Waals surface area contributed by atoms with Crippen molar-refractivity contribution in [1.29, 1.82) is 0 Å². The second-order valence-corrected chi connectivity index (χ2v) is 8.28. The Balaban J connectivity index is 1.84. The van der Waals surface area contributed by atoms with Gasteiger partial charge in [-0.05, 0) is 42.9 Å². The van der Waals surface area contributed by atoms with Crippen molar-refractivity contribution in [3.63, 3.8) is 0 Å². The Morgan fingerprint density at radius 2 is 1.67 bits per heavy atom. The highest BCUT2D eigenvalue weighted by Gasteiger charge is 2.23. The van der Waals surface area contributed by atoms with Gasteiger partial charge in [0.1, 0.15) is 11.1 Å². The molecule has 7 heteroatoms. The number of nitrogens with one attached hydrogen (secondary N) is 2. The lowest BCUT2D eigenvalue weighted by atomic mass is 10.1. The van der Waals surface area contributed by atoms with E-state index in [1.165, 1.54) is 0 Å². The molecule has 3 rings (SSSR count). The molecule has 0 aliphatic heterocycles. The zero-order valence-electron chi connectivity index (χ0n) is 17.7. The molecule has 2 N–H and O–H groups in total. The highest BCUT2D eigenvalue weighted by molar-refractivity contribution is 5.99. The quantitative estimate of drug-likeness (QED) is 0.699. The molecule has 2 heterocycles. The summed E-state index contributed by atoms with van der Waals surface area (Å²) in [7, 11) is 0. The first-order valence-corrected chi connectivity index (χ1v) is 10.7. The van der Waals surface area contributed by atoms with E-state index in [-0.39, 0.29) is 23.7 Å². The number of carbonyl (C=O) groups excluding carboxylic acids is 2. The van der Waals surface area contributed by atoms with Gasteiger partial charge in [-0.1, -0.05) is 26.7 Å². The van der Waals surface area contributed by atoms with E-state index in [9.17, 15) is 14.4 Å². The third-order valence-electron chi connectivity index (χ3n) is 5.49. The molecule has 1 aliphatic rings. The van der Waals surface area contributed by atoms with E-state index < -0.39 is 17.2 Å². The maximum Gasteiger partial charge on any atom is 0.257 e. The first kappa shape index (κ1) is 21.7. The van der Waals surface area contributed by atoms with Crippen LogP contribution in [0.2, 0.25) is 0 Å². The molecule has 2 amide bonds. The van der Waals surface area contributed by atoms with Crippen LogP contribution < -0.4 is 16.1 Å². The topological polar surface area (TPSA) is 93.1 Å². The molecule has 0 spiro atoms. The number of rotatable bonds is 8. The summed E-state index contributed by atoms with van der Waals surface area (Å²) in [5.74, 6) is -0.442. The van der Waals surface area contributed by atoms with Gasteiger partial charge in [-0.15, -0.1) is 0 Å². The van der Waals surface area contributed by atoms with E-state index in [2.05, 4.69) is 29.5 Å². The van der Waals surface area contributed by atoms with Crippen molar-refractivity contribution >= 4 is 11.8 Å². The zero-order chi connectivity index (χ0) is 21.5. The van der Waals surface area contributed by atoms with Crippen molar-refractivity contribution in [3.05, 3.63) is 63.8 Å². The van der Waals surface area contributed by atoms with E-state index in [0.717, 1.165) is 37.7 Å². The minimum Gasteiger partial charge on any atom is -0.352 e. The minimum atomic E-state index is -0.529. The Hall–Kier alpha value is -2.96. The van der Waals surface area contributed by atoms with Gasteiger partial charge in [-0.2, -0.15) is 0 Å². The number of aromatic nitrogens is 2. The van der Waals surface area contributed by atoms with E-state index in [1.807, 2.05) is 4.57 Å². The van der Waals surface area contributed by atoms with Crippen LogP contribution in [0.15, 0.2) is 41.7 Å². The summed E-state index contributed by atoms with van der Waals surface area (Å²) in [5.41, 5.74) is 0.394. The molecular weight excluding hydrogens is 380 g/mol. The van der Waals surface area contributed by atoms with Crippen molar-refractivity contribution in [2.24, 2.45) is 5.92 Å². The standard InChI is InChI=1S/C23H30N4O3/c1-16(2)7-12-25-22(29)19-14-27(18-5-3-4-6-18)15-20(21(19)28)23(30)26-13-17-8-10-24-11-9-17/h8-11,14-16,18H,3-7,12-13H2,1-2H3,(H,25,29)(H,26,30). The van der Waals surface area contributed by atoms with Crippen molar-refractivity contribution < 1.29 is 9.59 Å². The Labute approximate surface area is 176 Å². The van der Waals surface area contributed by atoms with Crippen LogP contribution >= 0.6 is 0 Å². The first-order chi connectivity index (χ1) is 14.5. The number of hydrogen-bond acceptors (Lipinski definition) is 4. The van der Waals surface area contributed by atoms with Gasteiger partial charge in [0.25, 0.3) is 11.8 Å². The van der Waals surface area contributed by atoms with Crippen molar-refractivity contribution in [2.45, 2.75) is 58.5 Å². The van der Waals surface area contributed by atoms with E-state index in [0.29, 0.717) is 12.5 Å². The molecular formula is C23H30N4O3. The average molecular weight is 411 g/mol. The van der Waals surface area contributed by atoms with Gasteiger partial charge in [0, 0.05) is 43.9 Å². The number of carbonyl (C=O) groups is 2. The van der Waals surface area contributed by atoms with Gasteiger partial charge in [-0.25, -0.2) is 0 Å². The van der Waals surface area contributed by atoms with Crippen LogP contribution in [0.3, 0.4) is 0 Å². The lowest BCUT2D eigenvalue weighted by Gasteiger charge is -2.17. The van der Waals surface area contributed by atoms with Crippen LogP contribution in [0.4, 0.5) is 0 Å². The van der Waals surface area contributed by atoms with Crippen LogP contribution in [-0.2, 0) is 6.54 Å². The smallest absolute Gasteiger partial charge is 0.257 e. The summed E-state index contributed by atoms with van der Waals surface area (Å²) in [5, 5.41) is 5.61. The highest BCUT2D eigenvalue weighted by Crippen LogP contribution is 2.29. The lowest BCUT2D eigenvalue weighted by molar-refractivity contribution is 0.0948. The minimum absolute atomic E-state index is 0.00691. The fourth-order valence-corrected chi connectivity index (χ4v) is 3.68. The molecule has 7 nitrogen and oxygen atoms in total. The second kappa shape index (κ2) is 10.2. The molecule has 1 saturated carbocycles. The maximum atomic E-state index is 13.0. The number of hydrogen-bond donors (Lipinski definition) is 2. The van der Waals surface area contributed by atoms with Gasteiger partial charge >= 0.3 is 0 Å². The number of amides is 2. The molecule has 1 aliphatic carbocycles. The molecule has 30 heavy (non-hydrogen) atoms. The van der Waals surface area contributed by atoms with Crippen molar-refractivity contribution in [1.82, 2.24) is 20.2 Å². The summed E-state index contributed by atoms with van der Waals surface area (Å²) in [6.07, 6.45) is 11.5. The van der Waals surface area contributed by atoms with E-state index >= 15 is 0 Å². The average Bonchev–Trinajstić information content (AvgIpc) is 3.27. The van der Waals surface area contributed by atoms with Crippen LogP contribution in [0.1, 0.15) is 78.3 Å². The largest absolute Gasteiger partial charge is 0.352 e. The predicted molar refractivity (Wildman–Crippen MR) is 115 cm³/mol. The zero-order valence-corrected chi connectivity index (χ0v) is 17.7.